The number of carboxylic acid groups (broad SMARTS) is 1. The molecule has 1 heterocycles. The van der Waals surface area contributed by atoms with E-state index in [2.05, 4.69) is 4.98 Å². The van der Waals surface area contributed by atoms with E-state index < -0.39 is 17.6 Å². The zero-order valence-corrected chi connectivity index (χ0v) is 9.74. The normalized spacial score (nSPS) is 10.7. The van der Waals surface area contributed by atoms with Crippen LogP contribution >= 0.6 is 0 Å². The van der Waals surface area contributed by atoms with E-state index in [1.165, 1.54) is 24.6 Å². The molecule has 1 aromatic heterocycles. The second kappa shape index (κ2) is 4.21. The van der Waals surface area contributed by atoms with Crippen LogP contribution in [0.15, 0.2) is 18.2 Å². The number of hydrogen-bond donors (Lipinski definition) is 1. The monoisotopic (exact) mass is 252 g/mol. The fourth-order valence-electron chi connectivity index (χ4n) is 1.72. The van der Waals surface area contributed by atoms with Crippen LogP contribution in [0.5, 0.6) is 0 Å². The van der Waals surface area contributed by atoms with E-state index in [9.17, 15) is 13.6 Å². The average molecular weight is 252 g/mol. The van der Waals surface area contributed by atoms with Gasteiger partial charge in [-0.25, -0.2) is 18.6 Å². The topological polar surface area (TPSA) is 55.1 Å². The molecule has 0 saturated heterocycles. The largest absolute Gasteiger partial charge is 0.476 e. The van der Waals surface area contributed by atoms with E-state index in [0.29, 0.717) is 5.69 Å². The predicted molar refractivity (Wildman–Crippen MR) is 60.3 cm³/mol. The summed E-state index contributed by atoms with van der Waals surface area (Å²) in [7, 11) is 1.51. The molecule has 6 heteroatoms. The van der Waals surface area contributed by atoms with Gasteiger partial charge < -0.3 is 9.67 Å². The van der Waals surface area contributed by atoms with Gasteiger partial charge in [-0.05, 0) is 19.1 Å². The first-order valence-electron chi connectivity index (χ1n) is 5.14. The molecule has 18 heavy (non-hydrogen) atoms. The van der Waals surface area contributed by atoms with Crippen molar-refractivity contribution in [2.24, 2.45) is 7.05 Å². The van der Waals surface area contributed by atoms with Crippen molar-refractivity contribution < 1.29 is 18.7 Å². The van der Waals surface area contributed by atoms with E-state index in [1.54, 1.807) is 0 Å². The number of nitrogens with zero attached hydrogens (tertiary/aromatic N) is 2. The summed E-state index contributed by atoms with van der Waals surface area (Å²) in [5.41, 5.74) is -0.203. The summed E-state index contributed by atoms with van der Waals surface area (Å²) in [6.45, 7) is 1.53. The van der Waals surface area contributed by atoms with Crippen LogP contribution in [0.3, 0.4) is 0 Å². The summed E-state index contributed by atoms with van der Waals surface area (Å²) in [6, 6.07) is 3.44. The van der Waals surface area contributed by atoms with Gasteiger partial charge in [0.2, 0.25) is 0 Å². The Morgan fingerprint density at radius 2 is 1.89 bits per heavy atom. The van der Waals surface area contributed by atoms with Gasteiger partial charge >= 0.3 is 5.97 Å². The Bertz CT molecular complexity index is 615. The molecule has 0 amide bonds. The van der Waals surface area contributed by atoms with Crippen LogP contribution in [0, 0.1) is 18.6 Å². The molecule has 1 N–H and O–H groups in total. The Morgan fingerprint density at radius 3 is 2.33 bits per heavy atom. The summed E-state index contributed by atoms with van der Waals surface area (Å²) in [6.07, 6.45) is 0. The van der Waals surface area contributed by atoms with Gasteiger partial charge in [0, 0.05) is 12.7 Å². The van der Waals surface area contributed by atoms with E-state index in [-0.39, 0.29) is 17.1 Å². The van der Waals surface area contributed by atoms with Crippen LogP contribution in [0.25, 0.3) is 11.4 Å². The standard InChI is InChI=1S/C12H10F2N2O2/c1-6-10(12(17)18)15-11(16(6)2)9-7(13)4-3-5-8(9)14/h3-5H,1-2H3,(H,17,18). The average Bonchev–Trinajstić information content (AvgIpc) is 2.57. The lowest BCUT2D eigenvalue weighted by molar-refractivity contribution is 0.0690. The smallest absolute Gasteiger partial charge is 0.356 e. The minimum atomic E-state index is -1.23. The summed E-state index contributed by atoms with van der Waals surface area (Å²) in [5.74, 6) is -2.83. The second-order valence-corrected chi connectivity index (χ2v) is 3.83. The first-order chi connectivity index (χ1) is 8.43. The Kier molecular flexibility index (Phi) is 2.86. The van der Waals surface area contributed by atoms with Crippen LogP contribution < -0.4 is 0 Å². The zero-order valence-electron chi connectivity index (χ0n) is 9.74. The molecular weight excluding hydrogens is 242 g/mol. The highest BCUT2D eigenvalue weighted by atomic mass is 19.1. The molecule has 0 aliphatic carbocycles. The maximum atomic E-state index is 13.6. The Labute approximate surface area is 102 Å². The minimum absolute atomic E-state index is 0.0412. The number of imidazole rings is 1. The fraction of sp³-hybridized carbons (Fsp3) is 0.167. The van der Waals surface area contributed by atoms with Crippen molar-refractivity contribution in [3.05, 3.63) is 41.2 Å². The lowest BCUT2D eigenvalue weighted by atomic mass is 10.2. The van der Waals surface area contributed by atoms with Gasteiger partial charge in [0.25, 0.3) is 0 Å². The minimum Gasteiger partial charge on any atom is -0.476 e. The van der Waals surface area contributed by atoms with Crippen molar-refractivity contribution in [3.8, 4) is 11.4 Å². The quantitative estimate of drug-likeness (QED) is 0.892. The van der Waals surface area contributed by atoms with Gasteiger partial charge in [-0.1, -0.05) is 6.07 Å². The maximum Gasteiger partial charge on any atom is 0.356 e. The van der Waals surface area contributed by atoms with Gasteiger partial charge in [-0.15, -0.1) is 0 Å². The number of rotatable bonds is 2. The van der Waals surface area contributed by atoms with Crippen LogP contribution in [0.1, 0.15) is 16.2 Å². The third-order valence-corrected chi connectivity index (χ3v) is 2.77. The van der Waals surface area contributed by atoms with E-state index in [4.69, 9.17) is 5.11 Å². The highest BCUT2D eigenvalue weighted by Crippen LogP contribution is 2.26. The van der Waals surface area contributed by atoms with Crippen molar-refractivity contribution in [2.45, 2.75) is 6.92 Å². The molecule has 0 aliphatic rings. The van der Waals surface area contributed by atoms with Gasteiger partial charge in [-0.2, -0.15) is 0 Å². The van der Waals surface area contributed by atoms with Crippen LogP contribution in [0.2, 0.25) is 0 Å². The molecule has 0 bridgehead atoms. The first kappa shape index (κ1) is 12.2. The number of benzene rings is 1. The maximum absolute atomic E-state index is 13.6. The summed E-state index contributed by atoms with van der Waals surface area (Å²) in [4.78, 5) is 14.7. The molecule has 4 nitrogen and oxygen atoms in total. The van der Waals surface area contributed by atoms with E-state index in [1.807, 2.05) is 0 Å². The van der Waals surface area contributed by atoms with Gasteiger partial charge in [-0.3, -0.25) is 0 Å². The van der Waals surface area contributed by atoms with E-state index in [0.717, 1.165) is 12.1 Å². The number of aromatic nitrogens is 2. The SMILES string of the molecule is Cc1c(C(=O)O)nc(-c2c(F)cccc2F)n1C. The number of carboxylic acids is 1. The first-order valence-corrected chi connectivity index (χ1v) is 5.14. The molecule has 0 radical (unpaired) electrons. The number of hydrogen-bond acceptors (Lipinski definition) is 2. The van der Waals surface area contributed by atoms with E-state index >= 15 is 0 Å². The molecule has 0 unspecified atom stereocenters. The van der Waals surface area contributed by atoms with Crippen molar-refractivity contribution in [2.75, 3.05) is 0 Å². The molecule has 0 atom stereocenters. The lowest BCUT2D eigenvalue weighted by Gasteiger charge is -2.05. The molecule has 2 rings (SSSR count). The lowest BCUT2D eigenvalue weighted by Crippen LogP contribution is -2.00. The third kappa shape index (κ3) is 1.75. The van der Waals surface area contributed by atoms with Gasteiger partial charge in [0.15, 0.2) is 5.69 Å². The highest BCUT2D eigenvalue weighted by molar-refractivity contribution is 5.87. The summed E-state index contributed by atoms with van der Waals surface area (Å²) >= 11 is 0. The summed E-state index contributed by atoms with van der Waals surface area (Å²) < 4.78 is 28.6. The molecule has 0 aliphatic heterocycles. The van der Waals surface area contributed by atoms with Crippen LogP contribution in [-0.4, -0.2) is 20.6 Å². The molecule has 1 aromatic carbocycles. The molecule has 0 spiro atoms. The second-order valence-electron chi connectivity index (χ2n) is 3.83. The van der Waals surface area contributed by atoms with Gasteiger partial charge in [0.05, 0.1) is 5.56 Å². The van der Waals surface area contributed by atoms with Crippen molar-refractivity contribution in [1.29, 1.82) is 0 Å². The molecule has 0 fully saturated rings. The van der Waals surface area contributed by atoms with Crippen molar-refractivity contribution >= 4 is 5.97 Å². The van der Waals surface area contributed by atoms with Crippen LogP contribution in [-0.2, 0) is 7.05 Å². The fourth-order valence-corrected chi connectivity index (χ4v) is 1.72. The molecule has 94 valence electrons. The number of aromatic carboxylic acids is 1. The molecule has 2 aromatic rings. The van der Waals surface area contributed by atoms with Crippen molar-refractivity contribution in [3.63, 3.8) is 0 Å². The Balaban J connectivity index is 2.73. The number of halogens is 2. The number of carbonyl (C=O) groups is 1. The Morgan fingerprint density at radius 1 is 1.33 bits per heavy atom. The van der Waals surface area contributed by atoms with Crippen molar-refractivity contribution in [1.82, 2.24) is 9.55 Å². The zero-order chi connectivity index (χ0) is 13.4. The Hall–Kier alpha value is -2.24. The third-order valence-electron chi connectivity index (χ3n) is 2.77. The summed E-state index contributed by atoms with van der Waals surface area (Å²) in [5, 5.41) is 8.93. The predicted octanol–water partition coefficient (Wildman–Crippen LogP) is 2.37. The molecular formula is C12H10F2N2O2. The molecule has 0 saturated carbocycles. The highest BCUT2D eigenvalue weighted by Gasteiger charge is 2.22. The van der Waals surface area contributed by atoms with Gasteiger partial charge in [0.1, 0.15) is 17.5 Å². The van der Waals surface area contributed by atoms with Crippen LogP contribution in [0.4, 0.5) is 8.78 Å².